The second-order valence-electron chi connectivity index (χ2n) is 16.7. The zero-order valence-electron chi connectivity index (χ0n) is 37.5. The minimum Gasteiger partial charge on any atom is -0.497 e. The van der Waals surface area contributed by atoms with Gasteiger partial charge in [0.25, 0.3) is 0 Å². The van der Waals surface area contributed by atoms with Crippen LogP contribution in [0.25, 0.3) is 0 Å². The number of nitrogens with one attached hydrogen (secondary N) is 2. The van der Waals surface area contributed by atoms with Gasteiger partial charge in [0, 0.05) is 38.1 Å². The molecule has 3 aromatic carbocycles. The fourth-order valence-corrected chi connectivity index (χ4v) is 9.22. The Morgan fingerprint density at radius 2 is 1.65 bits per heavy atom. The Morgan fingerprint density at radius 1 is 0.968 bits per heavy atom. The first-order chi connectivity index (χ1) is 30.0. The number of esters is 1. The summed E-state index contributed by atoms with van der Waals surface area (Å²) in [4.78, 5) is 12.6. The van der Waals surface area contributed by atoms with E-state index >= 15 is 0 Å². The molecule has 2 fully saturated rings. The molecule has 0 bridgehead atoms. The van der Waals surface area contributed by atoms with Gasteiger partial charge in [0.1, 0.15) is 11.5 Å². The molecule has 2 aliphatic rings. The van der Waals surface area contributed by atoms with Crippen molar-refractivity contribution in [3.05, 3.63) is 89.0 Å². The molecular formula is C46H67N3O13S. The van der Waals surface area contributed by atoms with Crippen molar-refractivity contribution in [2.24, 2.45) is 11.8 Å². The number of aliphatic hydroxyl groups is 3. The molecule has 2 heterocycles. The number of sulfonamides is 1. The highest BCUT2D eigenvalue weighted by Gasteiger charge is 2.44. The van der Waals surface area contributed by atoms with Crippen LogP contribution < -0.4 is 20.1 Å². The zero-order valence-corrected chi connectivity index (χ0v) is 38.3. The second kappa shape index (κ2) is 23.5. The van der Waals surface area contributed by atoms with Crippen LogP contribution in [0.3, 0.4) is 0 Å². The molecule has 2 saturated heterocycles. The standard InChI is InChI=1S/C46H67N3O13S/c1-8-23-57-43(51)33(6)61-46(53,62-42-31(4)10-9-11-32(42)5)21-22-47-26-35-14-12-34(13-15-35)25-39(48-45(52)60-41-29-59-44-38(41)20-24-58-44)40(50)28-49(27-30(2)3)63(54,55)37-18-16-36(56-7)17-19-37/h9-19,30,33,38-41,44-45,47-48,50,52-53H,8,20-29H2,1-7H3/t33-,38-,39-,40+,41-,44+,45?,46?/m0/s1. The summed E-state index contributed by atoms with van der Waals surface area (Å²) < 4.78 is 68.8. The van der Waals surface area contributed by atoms with E-state index in [1.54, 1.807) is 12.1 Å². The van der Waals surface area contributed by atoms with E-state index in [1.165, 1.54) is 30.5 Å². The summed E-state index contributed by atoms with van der Waals surface area (Å²) in [6.07, 6.45) is -3.11. The SMILES string of the molecule is CCCOC(=O)[C@H](C)OC(O)(CCNCc1ccc(C[C@H](NC(O)O[C@H]2CO[C@H]3OCC[C@H]32)[C@H](O)CN(CC(C)C)S(=O)(=O)c2ccc(OC)cc2)cc1)Oc1c(C)cccc1C. The summed E-state index contributed by atoms with van der Waals surface area (Å²) >= 11 is 0. The fourth-order valence-electron chi connectivity index (χ4n) is 7.60. The molecule has 0 radical (unpaired) electrons. The lowest BCUT2D eigenvalue weighted by Gasteiger charge is -2.32. The molecule has 0 saturated carbocycles. The van der Waals surface area contributed by atoms with Crippen molar-refractivity contribution >= 4 is 16.0 Å². The summed E-state index contributed by atoms with van der Waals surface area (Å²) in [6, 6.07) is 18.5. The average molecular weight is 902 g/mol. The van der Waals surface area contributed by atoms with Crippen LogP contribution >= 0.6 is 0 Å². The molecule has 2 unspecified atom stereocenters. The lowest BCUT2D eigenvalue weighted by molar-refractivity contribution is -0.335. The van der Waals surface area contributed by atoms with Crippen molar-refractivity contribution in [1.82, 2.24) is 14.9 Å². The Labute approximate surface area is 372 Å². The van der Waals surface area contributed by atoms with E-state index in [0.29, 0.717) is 31.1 Å². The van der Waals surface area contributed by atoms with Crippen LogP contribution in [0, 0.1) is 25.7 Å². The Morgan fingerprint density at radius 3 is 2.30 bits per heavy atom. The number of nitrogens with zero attached hydrogens (tertiary/aromatic N) is 1. The molecule has 350 valence electrons. The van der Waals surface area contributed by atoms with Crippen molar-refractivity contribution in [3.8, 4) is 11.5 Å². The first-order valence-corrected chi connectivity index (χ1v) is 23.2. The Balaban J connectivity index is 1.26. The minimum absolute atomic E-state index is 0.0245. The number of ether oxygens (including phenoxy) is 7. The maximum atomic E-state index is 14.0. The van der Waals surface area contributed by atoms with Crippen LogP contribution in [-0.2, 0) is 51.5 Å². The second-order valence-corrected chi connectivity index (χ2v) is 18.6. The van der Waals surface area contributed by atoms with Crippen molar-refractivity contribution in [2.75, 3.05) is 46.6 Å². The van der Waals surface area contributed by atoms with Gasteiger partial charge in [0.05, 0.1) is 50.5 Å². The third kappa shape index (κ3) is 14.4. The third-order valence-electron chi connectivity index (χ3n) is 11.0. The van der Waals surface area contributed by atoms with Crippen molar-refractivity contribution in [3.63, 3.8) is 0 Å². The molecule has 16 nitrogen and oxygen atoms in total. The van der Waals surface area contributed by atoms with Crippen molar-refractivity contribution in [2.45, 2.75) is 122 Å². The average Bonchev–Trinajstić information content (AvgIpc) is 3.88. The van der Waals surface area contributed by atoms with Crippen LogP contribution in [0.4, 0.5) is 0 Å². The zero-order chi connectivity index (χ0) is 45.7. The van der Waals surface area contributed by atoms with Gasteiger partial charge in [-0.05, 0) is 92.5 Å². The molecule has 17 heteroatoms. The quantitative estimate of drug-likeness (QED) is 0.0437. The number of aliphatic hydroxyl groups excluding tert-OH is 2. The number of rotatable bonds is 26. The topological polar surface area (TPSA) is 204 Å². The summed E-state index contributed by atoms with van der Waals surface area (Å²) in [6.45, 7) is 12.5. The Bertz CT molecular complexity index is 1970. The normalized spacial score (nSPS) is 20.5. The van der Waals surface area contributed by atoms with E-state index in [0.717, 1.165) is 28.7 Å². The number of aryl methyl sites for hydroxylation is 2. The van der Waals surface area contributed by atoms with E-state index in [-0.39, 0.29) is 68.7 Å². The van der Waals surface area contributed by atoms with Gasteiger partial charge < -0.3 is 53.8 Å². The smallest absolute Gasteiger partial charge is 0.335 e. The molecule has 2 aliphatic heterocycles. The lowest BCUT2D eigenvalue weighted by atomic mass is 9.99. The molecule has 0 amide bonds. The molecule has 3 aromatic rings. The summed E-state index contributed by atoms with van der Waals surface area (Å²) in [7, 11) is -2.53. The van der Waals surface area contributed by atoms with Gasteiger partial charge in [-0.2, -0.15) is 4.31 Å². The fraction of sp³-hybridized carbons (Fsp3) is 0.587. The van der Waals surface area contributed by atoms with E-state index in [9.17, 15) is 28.5 Å². The van der Waals surface area contributed by atoms with Gasteiger partial charge in [-0.15, -0.1) is 0 Å². The predicted octanol–water partition coefficient (Wildman–Crippen LogP) is 4.14. The molecule has 63 heavy (non-hydrogen) atoms. The minimum atomic E-state index is -4.03. The summed E-state index contributed by atoms with van der Waals surface area (Å²) in [5.74, 6) is -1.87. The molecule has 0 aliphatic carbocycles. The number of hydrogen-bond acceptors (Lipinski definition) is 15. The number of carbonyl (C=O) groups excluding carboxylic acids is 1. The number of hydrogen-bond donors (Lipinski definition) is 5. The molecule has 8 atom stereocenters. The number of para-hydroxylation sites is 1. The maximum absolute atomic E-state index is 14.0. The van der Waals surface area contributed by atoms with Crippen LogP contribution in [0.1, 0.15) is 69.2 Å². The molecular weight excluding hydrogens is 835 g/mol. The van der Waals surface area contributed by atoms with Crippen molar-refractivity contribution in [1.29, 1.82) is 0 Å². The molecule has 0 spiro atoms. The van der Waals surface area contributed by atoms with Crippen LogP contribution in [0.5, 0.6) is 11.5 Å². The largest absolute Gasteiger partial charge is 0.497 e. The highest BCUT2D eigenvalue weighted by atomic mass is 32.2. The van der Waals surface area contributed by atoms with Gasteiger partial charge in [0.15, 0.2) is 12.4 Å². The predicted molar refractivity (Wildman–Crippen MR) is 234 cm³/mol. The molecule has 5 rings (SSSR count). The van der Waals surface area contributed by atoms with Crippen molar-refractivity contribution < 1.29 is 61.7 Å². The Hall–Kier alpha value is -3.72. The number of carbonyl (C=O) groups is 1. The number of fused-ring (bicyclic) bond motifs is 1. The lowest BCUT2D eigenvalue weighted by Crippen LogP contribution is -2.53. The summed E-state index contributed by atoms with van der Waals surface area (Å²) in [5, 5.41) is 41.0. The molecule has 0 aromatic heterocycles. The first kappa shape index (κ1) is 50.3. The van der Waals surface area contributed by atoms with E-state index in [2.05, 4.69) is 10.6 Å². The van der Waals surface area contributed by atoms with Crippen LogP contribution in [-0.4, -0.2) is 124 Å². The van der Waals surface area contributed by atoms with E-state index in [1.807, 2.05) is 77.1 Å². The highest BCUT2D eigenvalue weighted by Crippen LogP contribution is 2.34. The Kier molecular flexibility index (Phi) is 18.7. The first-order valence-electron chi connectivity index (χ1n) is 21.8. The van der Waals surface area contributed by atoms with E-state index < -0.39 is 52.7 Å². The van der Waals surface area contributed by atoms with Gasteiger partial charge in [-0.25, -0.2) is 13.2 Å². The van der Waals surface area contributed by atoms with Gasteiger partial charge in [-0.1, -0.05) is 63.2 Å². The maximum Gasteiger partial charge on any atom is 0.335 e. The van der Waals surface area contributed by atoms with Crippen LogP contribution in [0.2, 0.25) is 0 Å². The number of benzene rings is 3. The highest BCUT2D eigenvalue weighted by molar-refractivity contribution is 7.89. The van der Waals surface area contributed by atoms with Gasteiger partial charge in [0.2, 0.25) is 16.4 Å². The van der Waals surface area contributed by atoms with Gasteiger partial charge in [-0.3, -0.25) is 5.32 Å². The summed E-state index contributed by atoms with van der Waals surface area (Å²) in [5.41, 5.74) is 3.31. The van der Waals surface area contributed by atoms with Crippen LogP contribution in [0.15, 0.2) is 71.6 Å². The molecule has 5 N–H and O–H groups in total. The number of methoxy groups -OCH3 is 1. The monoisotopic (exact) mass is 901 g/mol. The van der Waals surface area contributed by atoms with Gasteiger partial charge >= 0.3 is 11.9 Å². The van der Waals surface area contributed by atoms with E-state index in [4.69, 9.17) is 33.2 Å². The third-order valence-corrected chi connectivity index (χ3v) is 12.8.